The molecule has 2 aromatic rings. The smallest absolute Gasteiger partial charge is 0.0410 e. The summed E-state index contributed by atoms with van der Waals surface area (Å²) in [6, 6.07) is 11.2. The Morgan fingerprint density at radius 3 is 1.61 bits per heavy atom. The van der Waals surface area contributed by atoms with Gasteiger partial charge in [-0.1, -0.05) is 63.6 Å². The van der Waals surface area contributed by atoms with Gasteiger partial charge in [-0.15, -0.1) is 0 Å². The highest BCUT2D eigenvalue weighted by atomic mass is 15.0. The van der Waals surface area contributed by atoms with Gasteiger partial charge in [-0.25, -0.2) is 0 Å². The first kappa shape index (κ1) is 22.3. The summed E-state index contributed by atoms with van der Waals surface area (Å²) in [6.07, 6.45) is 0. The second-order valence-corrected chi connectivity index (χ2v) is 8.50. The van der Waals surface area contributed by atoms with Gasteiger partial charge in [0.1, 0.15) is 0 Å². The Bertz CT molecular complexity index is 713. The minimum Gasteiger partial charge on any atom is -0.383 e. The van der Waals surface area contributed by atoms with E-state index in [1.807, 2.05) is 0 Å². The van der Waals surface area contributed by atoms with E-state index in [-0.39, 0.29) is 0 Å². The lowest BCUT2D eigenvalue weighted by atomic mass is 9.92. The highest BCUT2D eigenvalue weighted by Gasteiger charge is 2.13. The third-order valence-electron chi connectivity index (χ3n) is 5.26. The standard InChI is InChI=1S/C25H39N3/c1-17(2)22-9-8-10-23(18(3)4)25(22)28-14-12-26-11-13-27-24-20(6)15-19(5)16-21(24)7/h8-10,15-18,26-28H,11-14H2,1-7H3. The van der Waals surface area contributed by atoms with E-state index in [9.17, 15) is 0 Å². The van der Waals surface area contributed by atoms with Crippen molar-refractivity contribution in [1.29, 1.82) is 0 Å². The monoisotopic (exact) mass is 381 g/mol. The van der Waals surface area contributed by atoms with Crippen molar-refractivity contribution in [2.24, 2.45) is 0 Å². The van der Waals surface area contributed by atoms with E-state index in [4.69, 9.17) is 0 Å². The fraction of sp³-hybridized carbons (Fsp3) is 0.520. The predicted molar refractivity (Wildman–Crippen MR) is 125 cm³/mol. The third kappa shape index (κ3) is 6.00. The Kier molecular flexibility index (Phi) is 8.37. The molecule has 2 rings (SSSR count). The Labute approximate surface area is 172 Å². The maximum Gasteiger partial charge on any atom is 0.0410 e. The van der Waals surface area contributed by atoms with E-state index < -0.39 is 0 Å². The van der Waals surface area contributed by atoms with Crippen LogP contribution >= 0.6 is 0 Å². The van der Waals surface area contributed by atoms with Crippen molar-refractivity contribution in [3.63, 3.8) is 0 Å². The SMILES string of the molecule is Cc1cc(C)c(NCCNCCNc2c(C(C)C)cccc2C(C)C)c(C)c1. The number of para-hydroxylation sites is 1. The van der Waals surface area contributed by atoms with Crippen molar-refractivity contribution < 1.29 is 0 Å². The van der Waals surface area contributed by atoms with Gasteiger partial charge in [-0.3, -0.25) is 0 Å². The van der Waals surface area contributed by atoms with Gasteiger partial charge in [0, 0.05) is 37.6 Å². The molecule has 3 nitrogen and oxygen atoms in total. The summed E-state index contributed by atoms with van der Waals surface area (Å²) in [4.78, 5) is 0. The van der Waals surface area contributed by atoms with E-state index in [0.717, 1.165) is 26.2 Å². The van der Waals surface area contributed by atoms with E-state index in [2.05, 4.69) is 94.7 Å². The van der Waals surface area contributed by atoms with Crippen molar-refractivity contribution in [2.45, 2.75) is 60.3 Å². The molecule has 0 aromatic heterocycles. The molecular formula is C25H39N3. The van der Waals surface area contributed by atoms with Crippen LogP contribution in [0.25, 0.3) is 0 Å². The molecule has 154 valence electrons. The van der Waals surface area contributed by atoms with E-state index >= 15 is 0 Å². The number of hydrogen-bond donors (Lipinski definition) is 3. The molecule has 0 saturated heterocycles. The van der Waals surface area contributed by atoms with Crippen LogP contribution in [0, 0.1) is 20.8 Å². The molecule has 0 atom stereocenters. The van der Waals surface area contributed by atoms with Crippen LogP contribution in [0.15, 0.2) is 30.3 Å². The molecule has 3 N–H and O–H groups in total. The fourth-order valence-electron chi connectivity index (χ4n) is 3.89. The van der Waals surface area contributed by atoms with Gasteiger partial charge in [0.05, 0.1) is 0 Å². The summed E-state index contributed by atoms with van der Waals surface area (Å²) in [5.41, 5.74) is 9.41. The van der Waals surface area contributed by atoms with Crippen LogP contribution in [0.5, 0.6) is 0 Å². The van der Waals surface area contributed by atoms with Gasteiger partial charge in [0.2, 0.25) is 0 Å². The highest BCUT2D eigenvalue weighted by molar-refractivity contribution is 5.60. The fourth-order valence-corrected chi connectivity index (χ4v) is 3.89. The molecule has 0 spiro atoms. The second-order valence-electron chi connectivity index (χ2n) is 8.50. The lowest BCUT2D eigenvalue weighted by Crippen LogP contribution is -2.28. The number of nitrogens with one attached hydrogen (secondary N) is 3. The number of rotatable bonds is 10. The average Bonchev–Trinajstić information content (AvgIpc) is 2.62. The summed E-state index contributed by atoms with van der Waals surface area (Å²) in [5.74, 6) is 1.05. The van der Waals surface area contributed by atoms with Crippen LogP contribution in [0.3, 0.4) is 0 Å². The number of hydrogen-bond acceptors (Lipinski definition) is 3. The Hall–Kier alpha value is -2.00. The molecule has 0 aliphatic heterocycles. The summed E-state index contributed by atoms with van der Waals surface area (Å²) in [6.45, 7) is 19.4. The maximum atomic E-state index is 3.69. The van der Waals surface area contributed by atoms with Gasteiger partial charge >= 0.3 is 0 Å². The molecule has 0 radical (unpaired) electrons. The van der Waals surface area contributed by atoms with Crippen molar-refractivity contribution >= 4 is 11.4 Å². The second kappa shape index (κ2) is 10.5. The molecule has 0 amide bonds. The van der Waals surface area contributed by atoms with Crippen molar-refractivity contribution in [3.8, 4) is 0 Å². The Balaban J connectivity index is 1.80. The molecular weight excluding hydrogens is 342 g/mol. The summed E-state index contributed by atoms with van der Waals surface area (Å²) < 4.78 is 0. The number of anilines is 2. The third-order valence-corrected chi connectivity index (χ3v) is 5.26. The molecule has 3 heteroatoms. The quantitative estimate of drug-likeness (QED) is 0.444. The highest BCUT2D eigenvalue weighted by Crippen LogP contribution is 2.32. The summed E-state index contributed by atoms with van der Waals surface area (Å²) in [7, 11) is 0. The van der Waals surface area contributed by atoms with Crippen LogP contribution in [0.1, 0.15) is 67.3 Å². The topological polar surface area (TPSA) is 36.1 Å². The molecule has 28 heavy (non-hydrogen) atoms. The lowest BCUT2D eigenvalue weighted by molar-refractivity contribution is 0.716. The Morgan fingerprint density at radius 1 is 0.679 bits per heavy atom. The van der Waals surface area contributed by atoms with Gasteiger partial charge in [0.25, 0.3) is 0 Å². The van der Waals surface area contributed by atoms with Crippen LogP contribution < -0.4 is 16.0 Å². The van der Waals surface area contributed by atoms with Gasteiger partial charge in [0.15, 0.2) is 0 Å². The van der Waals surface area contributed by atoms with Crippen LogP contribution in [-0.2, 0) is 0 Å². The van der Waals surface area contributed by atoms with Crippen LogP contribution in [-0.4, -0.2) is 26.2 Å². The normalized spacial score (nSPS) is 11.3. The van der Waals surface area contributed by atoms with E-state index in [0.29, 0.717) is 11.8 Å². The molecule has 2 aromatic carbocycles. The van der Waals surface area contributed by atoms with E-state index in [1.165, 1.54) is 39.2 Å². The largest absolute Gasteiger partial charge is 0.383 e. The summed E-state index contributed by atoms with van der Waals surface area (Å²) in [5, 5.41) is 10.8. The molecule has 0 bridgehead atoms. The lowest BCUT2D eigenvalue weighted by Gasteiger charge is -2.21. The van der Waals surface area contributed by atoms with Crippen molar-refractivity contribution in [2.75, 3.05) is 36.8 Å². The average molecular weight is 382 g/mol. The van der Waals surface area contributed by atoms with Crippen LogP contribution in [0.2, 0.25) is 0 Å². The zero-order chi connectivity index (χ0) is 20.7. The van der Waals surface area contributed by atoms with Crippen LogP contribution in [0.4, 0.5) is 11.4 Å². The van der Waals surface area contributed by atoms with Gasteiger partial charge in [-0.2, -0.15) is 0 Å². The zero-order valence-corrected chi connectivity index (χ0v) is 18.9. The van der Waals surface area contributed by atoms with Crippen molar-refractivity contribution in [3.05, 3.63) is 58.1 Å². The Morgan fingerprint density at radius 2 is 1.14 bits per heavy atom. The zero-order valence-electron chi connectivity index (χ0n) is 18.9. The predicted octanol–water partition coefficient (Wildman–Crippen LogP) is 5.97. The number of benzene rings is 2. The summed E-state index contributed by atoms with van der Waals surface area (Å²) >= 11 is 0. The first-order valence-corrected chi connectivity index (χ1v) is 10.7. The molecule has 0 aliphatic carbocycles. The first-order valence-electron chi connectivity index (χ1n) is 10.7. The molecule has 0 heterocycles. The molecule has 0 aliphatic rings. The van der Waals surface area contributed by atoms with Crippen molar-refractivity contribution in [1.82, 2.24) is 5.32 Å². The maximum absolute atomic E-state index is 3.69. The molecule has 0 fully saturated rings. The first-order chi connectivity index (χ1) is 13.3. The molecule has 0 unspecified atom stereocenters. The molecule has 0 saturated carbocycles. The van der Waals surface area contributed by atoms with E-state index in [1.54, 1.807) is 0 Å². The minimum atomic E-state index is 0.527. The minimum absolute atomic E-state index is 0.527. The van der Waals surface area contributed by atoms with Gasteiger partial charge < -0.3 is 16.0 Å². The number of aryl methyl sites for hydroxylation is 3. The van der Waals surface area contributed by atoms with Gasteiger partial charge in [-0.05, 0) is 54.9 Å².